The number of nitrogens with one attached hydrogen (secondary N) is 2. The van der Waals surface area contributed by atoms with Crippen molar-refractivity contribution in [3.05, 3.63) is 0 Å². The van der Waals surface area contributed by atoms with Crippen LogP contribution in [0.15, 0.2) is 4.99 Å². The number of rotatable bonds is 9. The zero-order chi connectivity index (χ0) is 16.8. The van der Waals surface area contributed by atoms with Crippen LogP contribution in [0.25, 0.3) is 0 Å². The molecule has 0 saturated carbocycles. The normalized spacial score (nSPS) is 11.2. The first kappa shape index (κ1) is 24.3. The minimum atomic E-state index is -0.389. The van der Waals surface area contributed by atoms with E-state index in [-0.39, 0.29) is 35.5 Å². The summed E-state index contributed by atoms with van der Waals surface area (Å²) in [4.78, 5) is 16.0. The SMILES string of the molecule is C#CCNC(=NCCCCCCC(=O)OC(C)(C)C)NCC.I. The lowest BCUT2D eigenvalue weighted by Gasteiger charge is -2.19. The molecule has 0 radical (unpaired) electrons. The van der Waals surface area contributed by atoms with Crippen LogP contribution >= 0.6 is 24.0 Å². The molecular weight excluding hydrogens is 405 g/mol. The van der Waals surface area contributed by atoms with E-state index in [9.17, 15) is 4.79 Å². The molecule has 0 rings (SSSR count). The number of terminal acetylenes is 1. The molecule has 0 aliphatic carbocycles. The first-order chi connectivity index (χ1) is 10.4. The number of hydrogen-bond donors (Lipinski definition) is 2. The molecule has 134 valence electrons. The van der Waals surface area contributed by atoms with Crippen LogP contribution in [0.2, 0.25) is 0 Å². The zero-order valence-corrected chi connectivity index (χ0v) is 17.2. The lowest BCUT2D eigenvalue weighted by Crippen LogP contribution is -2.37. The molecule has 0 aromatic heterocycles. The van der Waals surface area contributed by atoms with Crippen molar-refractivity contribution >= 4 is 35.9 Å². The Morgan fingerprint density at radius 3 is 2.39 bits per heavy atom. The lowest BCUT2D eigenvalue weighted by molar-refractivity contribution is -0.154. The highest BCUT2D eigenvalue weighted by molar-refractivity contribution is 14.0. The first-order valence-electron chi connectivity index (χ1n) is 8.06. The van der Waals surface area contributed by atoms with Gasteiger partial charge in [-0.25, -0.2) is 0 Å². The summed E-state index contributed by atoms with van der Waals surface area (Å²) in [5.41, 5.74) is -0.389. The molecule has 0 unspecified atom stereocenters. The third-order valence-electron chi connectivity index (χ3n) is 2.68. The van der Waals surface area contributed by atoms with Crippen LogP contribution in [0, 0.1) is 12.3 Å². The second-order valence-corrected chi connectivity index (χ2v) is 6.07. The van der Waals surface area contributed by atoms with Gasteiger partial charge in [0.2, 0.25) is 0 Å². The van der Waals surface area contributed by atoms with Gasteiger partial charge in [0.05, 0.1) is 6.54 Å². The third-order valence-corrected chi connectivity index (χ3v) is 2.68. The van der Waals surface area contributed by atoms with Crippen LogP contribution in [-0.4, -0.2) is 37.2 Å². The van der Waals surface area contributed by atoms with E-state index in [1.165, 1.54) is 0 Å². The Bertz CT molecular complexity index is 384. The second kappa shape index (κ2) is 14.6. The molecule has 5 nitrogen and oxygen atoms in total. The molecule has 6 heteroatoms. The van der Waals surface area contributed by atoms with Crippen LogP contribution in [0.4, 0.5) is 0 Å². The van der Waals surface area contributed by atoms with Crippen molar-refractivity contribution in [1.82, 2.24) is 10.6 Å². The highest BCUT2D eigenvalue weighted by Gasteiger charge is 2.15. The van der Waals surface area contributed by atoms with Gasteiger partial charge in [-0.2, -0.15) is 0 Å². The lowest BCUT2D eigenvalue weighted by atomic mass is 10.1. The van der Waals surface area contributed by atoms with E-state index in [1.54, 1.807) is 0 Å². The van der Waals surface area contributed by atoms with Crippen molar-refractivity contribution in [3.8, 4) is 12.3 Å². The van der Waals surface area contributed by atoms with Crippen LogP contribution in [0.1, 0.15) is 59.8 Å². The molecule has 0 amide bonds. The van der Waals surface area contributed by atoms with Crippen LogP contribution in [0.3, 0.4) is 0 Å². The van der Waals surface area contributed by atoms with E-state index in [4.69, 9.17) is 11.2 Å². The monoisotopic (exact) mass is 437 g/mol. The number of nitrogens with zero attached hydrogens (tertiary/aromatic N) is 1. The summed E-state index contributed by atoms with van der Waals surface area (Å²) in [6.07, 6.45) is 9.65. The fourth-order valence-electron chi connectivity index (χ4n) is 1.79. The Balaban J connectivity index is 0. The molecule has 0 aliphatic heterocycles. The number of aliphatic imine (C=N–C) groups is 1. The molecule has 0 heterocycles. The number of unbranched alkanes of at least 4 members (excludes halogenated alkanes) is 3. The fraction of sp³-hybridized carbons (Fsp3) is 0.765. The van der Waals surface area contributed by atoms with Gasteiger partial charge in [-0.1, -0.05) is 18.8 Å². The summed E-state index contributed by atoms with van der Waals surface area (Å²) >= 11 is 0. The maximum Gasteiger partial charge on any atom is 0.306 e. The van der Waals surface area contributed by atoms with Gasteiger partial charge in [0.25, 0.3) is 0 Å². The Hall–Kier alpha value is -0.970. The first-order valence-corrected chi connectivity index (χ1v) is 8.06. The highest BCUT2D eigenvalue weighted by Crippen LogP contribution is 2.11. The smallest absolute Gasteiger partial charge is 0.306 e. The summed E-state index contributed by atoms with van der Waals surface area (Å²) in [7, 11) is 0. The number of guanidine groups is 1. The van der Waals surface area contributed by atoms with Gasteiger partial charge in [0, 0.05) is 19.5 Å². The molecule has 0 fully saturated rings. The van der Waals surface area contributed by atoms with Gasteiger partial charge in [0.15, 0.2) is 5.96 Å². The number of carbonyl (C=O) groups excluding carboxylic acids is 1. The quantitative estimate of drug-likeness (QED) is 0.145. The van der Waals surface area contributed by atoms with Crippen molar-refractivity contribution in [2.75, 3.05) is 19.6 Å². The minimum Gasteiger partial charge on any atom is -0.460 e. The highest BCUT2D eigenvalue weighted by atomic mass is 127. The Labute approximate surface area is 158 Å². The maximum absolute atomic E-state index is 11.5. The number of ether oxygens (including phenoxy) is 1. The zero-order valence-electron chi connectivity index (χ0n) is 14.9. The van der Waals surface area contributed by atoms with Gasteiger partial charge in [-0.05, 0) is 40.5 Å². The average Bonchev–Trinajstić information content (AvgIpc) is 2.41. The third kappa shape index (κ3) is 17.2. The topological polar surface area (TPSA) is 62.7 Å². The van der Waals surface area contributed by atoms with Crippen LogP contribution in [0.5, 0.6) is 0 Å². The number of halogens is 1. The standard InChI is InChI=1S/C17H31N3O2.HI/c1-6-13-19-16(18-7-2)20-14-11-9-8-10-12-15(21)22-17(3,4)5;/h1H,7-14H2,2-5H3,(H2,18,19,20);1H. The van der Waals surface area contributed by atoms with Crippen molar-refractivity contribution in [1.29, 1.82) is 0 Å². The molecular formula is C17H32IN3O2. The van der Waals surface area contributed by atoms with E-state index in [0.717, 1.165) is 44.7 Å². The number of hydrogen-bond acceptors (Lipinski definition) is 3. The molecule has 0 bridgehead atoms. The largest absolute Gasteiger partial charge is 0.460 e. The Kier molecular flexibility index (Phi) is 15.4. The van der Waals surface area contributed by atoms with E-state index < -0.39 is 0 Å². The number of carbonyl (C=O) groups is 1. The Morgan fingerprint density at radius 1 is 1.17 bits per heavy atom. The molecule has 0 aromatic carbocycles. The van der Waals surface area contributed by atoms with E-state index >= 15 is 0 Å². The molecule has 23 heavy (non-hydrogen) atoms. The molecule has 2 N–H and O–H groups in total. The predicted molar refractivity (Wildman–Crippen MR) is 107 cm³/mol. The van der Waals surface area contributed by atoms with Gasteiger partial charge in [-0.15, -0.1) is 30.4 Å². The fourth-order valence-corrected chi connectivity index (χ4v) is 1.79. The van der Waals surface area contributed by atoms with Gasteiger partial charge >= 0.3 is 5.97 Å². The molecule has 0 spiro atoms. The van der Waals surface area contributed by atoms with Crippen LogP contribution < -0.4 is 10.6 Å². The van der Waals surface area contributed by atoms with E-state index in [2.05, 4.69) is 21.5 Å². The van der Waals surface area contributed by atoms with Crippen molar-refractivity contribution < 1.29 is 9.53 Å². The van der Waals surface area contributed by atoms with Crippen LogP contribution in [-0.2, 0) is 9.53 Å². The summed E-state index contributed by atoms with van der Waals surface area (Å²) in [5.74, 6) is 3.17. The predicted octanol–water partition coefficient (Wildman–Crippen LogP) is 3.08. The molecule has 0 saturated heterocycles. The summed E-state index contributed by atoms with van der Waals surface area (Å²) in [6.45, 7) is 9.72. The maximum atomic E-state index is 11.5. The van der Waals surface area contributed by atoms with Crippen molar-refractivity contribution in [2.45, 2.75) is 65.4 Å². The van der Waals surface area contributed by atoms with Gasteiger partial charge in [0.1, 0.15) is 5.60 Å². The molecule has 0 aliphatic rings. The van der Waals surface area contributed by atoms with E-state index in [1.807, 2.05) is 27.7 Å². The van der Waals surface area contributed by atoms with Crippen molar-refractivity contribution in [2.24, 2.45) is 4.99 Å². The Morgan fingerprint density at radius 2 is 1.83 bits per heavy atom. The van der Waals surface area contributed by atoms with Crippen molar-refractivity contribution in [3.63, 3.8) is 0 Å². The second-order valence-electron chi connectivity index (χ2n) is 6.07. The molecule has 0 aromatic rings. The van der Waals surface area contributed by atoms with Gasteiger partial charge in [-0.3, -0.25) is 9.79 Å². The number of esters is 1. The van der Waals surface area contributed by atoms with Gasteiger partial charge < -0.3 is 15.4 Å². The summed E-state index contributed by atoms with van der Waals surface area (Å²) in [5, 5.41) is 6.19. The summed E-state index contributed by atoms with van der Waals surface area (Å²) < 4.78 is 5.27. The van der Waals surface area contributed by atoms with E-state index in [0.29, 0.717) is 13.0 Å². The average molecular weight is 437 g/mol. The summed E-state index contributed by atoms with van der Waals surface area (Å²) in [6, 6.07) is 0. The molecule has 0 atom stereocenters. The minimum absolute atomic E-state index is 0.